The van der Waals surface area contributed by atoms with Gasteiger partial charge in [0.1, 0.15) is 12.8 Å². The number of hydrogen-bond donors (Lipinski definition) is 3. The first kappa shape index (κ1) is 14.5. The maximum atomic E-state index is 10.6. The van der Waals surface area contributed by atoms with Crippen LogP contribution in [0.15, 0.2) is 41.5 Å². The van der Waals surface area contributed by atoms with E-state index in [1.807, 2.05) is 35.9 Å². The quantitative estimate of drug-likeness (QED) is 0.596. The predicted octanol–water partition coefficient (Wildman–Crippen LogP) is 1.71. The lowest BCUT2D eigenvalue weighted by Gasteiger charge is -2.08. The summed E-state index contributed by atoms with van der Waals surface area (Å²) in [5, 5.41) is 25.0. The molecule has 0 radical (unpaired) electrons. The van der Waals surface area contributed by atoms with Gasteiger partial charge in [-0.2, -0.15) is 4.58 Å². The molecule has 5 nitrogen and oxygen atoms in total. The number of phenols is 2. The SMILES string of the molecule is C[N+]1=CC2=c3c1c(O)c(N/C=C/c1ccc(O)cc1)cc3=NCC2. The van der Waals surface area contributed by atoms with Crippen LogP contribution in [0.3, 0.4) is 0 Å². The Balaban J connectivity index is 1.70. The van der Waals surface area contributed by atoms with E-state index in [1.165, 1.54) is 5.57 Å². The van der Waals surface area contributed by atoms with Crippen LogP contribution in [-0.2, 0) is 0 Å². The predicted molar refractivity (Wildman–Crippen MR) is 94.5 cm³/mol. The fraction of sp³-hybridized carbons (Fsp3) is 0.158. The van der Waals surface area contributed by atoms with Crippen LogP contribution >= 0.6 is 0 Å². The maximum Gasteiger partial charge on any atom is 0.259 e. The van der Waals surface area contributed by atoms with Crippen LogP contribution in [-0.4, -0.2) is 34.6 Å². The summed E-state index contributed by atoms with van der Waals surface area (Å²) < 4.78 is 1.96. The minimum Gasteiger partial charge on any atom is -0.508 e. The van der Waals surface area contributed by atoms with Crippen molar-refractivity contribution in [1.82, 2.24) is 0 Å². The zero-order valence-corrected chi connectivity index (χ0v) is 13.3. The van der Waals surface area contributed by atoms with E-state index in [0.29, 0.717) is 5.69 Å². The molecule has 2 aliphatic heterocycles. The number of hydrogen-bond acceptors (Lipinski definition) is 4. The Bertz CT molecular complexity index is 1000. The second-order valence-corrected chi connectivity index (χ2v) is 5.98. The van der Waals surface area contributed by atoms with Crippen LogP contribution in [0.4, 0.5) is 11.4 Å². The van der Waals surface area contributed by atoms with Crippen molar-refractivity contribution in [2.24, 2.45) is 4.99 Å². The molecular weight excluding hydrogens is 302 g/mol. The molecule has 0 aliphatic carbocycles. The van der Waals surface area contributed by atoms with E-state index in [1.54, 1.807) is 18.3 Å². The topological polar surface area (TPSA) is 67.9 Å². The molecule has 2 aliphatic rings. The second kappa shape index (κ2) is 5.53. The van der Waals surface area contributed by atoms with Gasteiger partial charge in [0.25, 0.3) is 5.69 Å². The fourth-order valence-corrected chi connectivity index (χ4v) is 3.20. The molecule has 120 valence electrons. The molecule has 24 heavy (non-hydrogen) atoms. The second-order valence-electron chi connectivity index (χ2n) is 5.98. The minimum atomic E-state index is 0.231. The van der Waals surface area contributed by atoms with Crippen molar-refractivity contribution in [3.63, 3.8) is 0 Å². The lowest BCUT2D eigenvalue weighted by molar-refractivity contribution is -0.397. The molecule has 4 rings (SSSR count). The molecule has 0 saturated carbocycles. The lowest BCUT2D eigenvalue weighted by atomic mass is 10.1. The van der Waals surface area contributed by atoms with Crippen molar-refractivity contribution in [2.45, 2.75) is 6.42 Å². The summed E-state index contributed by atoms with van der Waals surface area (Å²) in [6, 6.07) is 8.80. The highest BCUT2D eigenvalue weighted by molar-refractivity contribution is 6.03. The van der Waals surface area contributed by atoms with E-state index in [9.17, 15) is 10.2 Å². The van der Waals surface area contributed by atoms with Gasteiger partial charge in [-0.15, -0.1) is 0 Å². The zero-order chi connectivity index (χ0) is 16.7. The van der Waals surface area contributed by atoms with E-state index in [4.69, 9.17) is 0 Å². The van der Waals surface area contributed by atoms with Crippen LogP contribution in [0.2, 0.25) is 0 Å². The van der Waals surface area contributed by atoms with Gasteiger partial charge < -0.3 is 15.5 Å². The summed E-state index contributed by atoms with van der Waals surface area (Å²) in [6.07, 6.45) is 6.63. The van der Waals surface area contributed by atoms with E-state index in [0.717, 1.165) is 34.8 Å². The van der Waals surface area contributed by atoms with Crippen LogP contribution in [0.25, 0.3) is 11.6 Å². The first-order chi connectivity index (χ1) is 11.6. The Hall–Kier alpha value is -3.08. The number of nitrogens with one attached hydrogen (secondary N) is 1. The Morgan fingerprint density at radius 2 is 2.00 bits per heavy atom. The molecule has 0 fully saturated rings. The summed E-state index contributed by atoms with van der Waals surface area (Å²) in [7, 11) is 1.94. The van der Waals surface area contributed by atoms with Crippen LogP contribution < -0.4 is 15.9 Å². The highest BCUT2D eigenvalue weighted by atomic mass is 16.3. The number of anilines is 1. The van der Waals surface area contributed by atoms with E-state index < -0.39 is 0 Å². The summed E-state index contributed by atoms with van der Waals surface area (Å²) in [5.74, 6) is 0.471. The molecule has 0 aromatic heterocycles. The first-order valence-corrected chi connectivity index (χ1v) is 7.87. The Morgan fingerprint density at radius 3 is 2.79 bits per heavy atom. The van der Waals surface area contributed by atoms with Gasteiger partial charge in [0.2, 0.25) is 5.75 Å². The molecule has 0 spiro atoms. The van der Waals surface area contributed by atoms with Gasteiger partial charge in [-0.3, -0.25) is 4.99 Å². The monoisotopic (exact) mass is 320 g/mol. The molecule has 0 saturated heterocycles. The lowest BCUT2D eigenvalue weighted by Crippen LogP contribution is -2.31. The molecule has 5 heteroatoms. The average molecular weight is 320 g/mol. The van der Waals surface area contributed by atoms with E-state index in [2.05, 4.69) is 16.5 Å². The number of phenolic OH excluding ortho intramolecular Hbond substituents is 2. The van der Waals surface area contributed by atoms with Crippen LogP contribution in [0.1, 0.15) is 12.0 Å². The van der Waals surface area contributed by atoms with E-state index >= 15 is 0 Å². The Morgan fingerprint density at radius 1 is 1.21 bits per heavy atom. The smallest absolute Gasteiger partial charge is 0.259 e. The number of aromatic hydroxyl groups is 2. The van der Waals surface area contributed by atoms with Crippen molar-refractivity contribution in [3.8, 4) is 11.5 Å². The number of rotatable bonds is 3. The Labute approximate surface area is 139 Å². The molecule has 0 bridgehead atoms. The summed E-state index contributed by atoms with van der Waals surface area (Å²) >= 11 is 0. The molecule has 0 atom stereocenters. The summed E-state index contributed by atoms with van der Waals surface area (Å²) in [4.78, 5) is 4.59. The zero-order valence-electron chi connectivity index (χ0n) is 13.3. The molecule has 2 heterocycles. The van der Waals surface area contributed by atoms with Gasteiger partial charge in [-0.25, -0.2) is 0 Å². The molecule has 2 aromatic carbocycles. The van der Waals surface area contributed by atoms with Gasteiger partial charge >= 0.3 is 0 Å². The summed E-state index contributed by atoms with van der Waals surface area (Å²) in [5.41, 5.74) is 3.63. The van der Waals surface area contributed by atoms with Gasteiger partial charge in [0.05, 0.1) is 16.3 Å². The maximum absolute atomic E-state index is 10.6. The Kier molecular flexibility index (Phi) is 3.34. The third-order valence-corrected chi connectivity index (χ3v) is 4.35. The van der Waals surface area contributed by atoms with Crippen molar-refractivity contribution in [3.05, 3.63) is 52.7 Å². The van der Waals surface area contributed by atoms with Gasteiger partial charge in [0, 0.05) is 18.3 Å². The number of benzene rings is 2. The third kappa shape index (κ3) is 2.34. The molecule has 3 N–H and O–H groups in total. The van der Waals surface area contributed by atoms with Gasteiger partial charge in [-0.1, -0.05) is 12.1 Å². The van der Waals surface area contributed by atoms with Crippen molar-refractivity contribution < 1.29 is 14.8 Å². The third-order valence-electron chi connectivity index (χ3n) is 4.35. The van der Waals surface area contributed by atoms with Gasteiger partial charge in [-0.05, 0) is 36.3 Å². The number of nitrogens with zero attached hydrogens (tertiary/aromatic N) is 2. The standard InChI is InChI=1S/C19H17N3O2/c1-22-11-13-7-9-20-15-10-16(19(24)18(22)17(13)15)21-8-6-12-2-4-14(23)5-3-12/h2-6,8,10-11H,7,9H2,1H3,(H2,20,21,23,24)/p+1. The highest BCUT2D eigenvalue weighted by Crippen LogP contribution is 2.32. The summed E-state index contributed by atoms with van der Waals surface area (Å²) in [6.45, 7) is 0.777. The fourth-order valence-electron chi connectivity index (χ4n) is 3.20. The molecule has 0 unspecified atom stereocenters. The van der Waals surface area contributed by atoms with Crippen LogP contribution in [0.5, 0.6) is 11.5 Å². The first-order valence-electron chi connectivity index (χ1n) is 7.87. The van der Waals surface area contributed by atoms with Crippen LogP contribution in [0, 0.1) is 0 Å². The highest BCUT2D eigenvalue weighted by Gasteiger charge is 2.27. The van der Waals surface area contributed by atoms with Crippen molar-refractivity contribution >= 4 is 29.2 Å². The molecular formula is C19H18N3O2+. The van der Waals surface area contributed by atoms with Crippen molar-refractivity contribution in [2.75, 3.05) is 18.9 Å². The van der Waals surface area contributed by atoms with Gasteiger partial charge in [0.15, 0.2) is 6.21 Å². The minimum absolute atomic E-state index is 0.231. The van der Waals surface area contributed by atoms with Crippen molar-refractivity contribution in [1.29, 1.82) is 0 Å². The average Bonchev–Trinajstić information content (AvgIpc) is 2.91. The van der Waals surface area contributed by atoms with E-state index in [-0.39, 0.29) is 11.5 Å². The normalized spacial score (nSPS) is 15.2. The molecule has 2 aromatic rings. The largest absolute Gasteiger partial charge is 0.508 e. The molecule has 0 amide bonds.